The lowest BCUT2D eigenvalue weighted by Gasteiger charge is -2.27. The van der Waals surface area contributed by atoms with Gasteiger partial charge in [-0.05, 0) is 43.4 Å². The Morgan fingerprint density at radius 2 is 1.82 bits per heavy atom. The van der Waals surface area contributed by atoms with E-state index in [-0.39, 0.29) is 11.9 Å². The van der Waals surface area contributed by atoms with Crippen LogP contribution >= 0.6 is 0 Å². The van der Waals surface area contributed by atoms with Gasteiger partial charge in [0, 0.05) is 42.8 Å². The highest BCUT2D eigenvalue weighted by atomic mass is 16.2. The lowest BCUT2D eigenvalue weighted by atomic mass is 9.92. The van der Waals surface area contributed by atoms with Crippen LogP contribution in [0, 0.1) is 0 Å². The van der Waals surface area contributed by atoms with E-state index in [9.17, 15) is 4.79 Å². The first kappa shape index (κ1) is 21.8. The number of benzene rings is 1. The van der Waals surface area contributed by atoms with Crippen molar-refractivity contribution < 1.29 is 4.79 Å². The number of hydrogen-bond acceptors (Lipinski definition) is 7. The van der Waals surface area contributed by atoms with Crippen molar-refractivity contribution in [1.29, 1.82) is 0 Å². The number of pyridine rings is 1. The van der Waals surface area contributed by atoms with Gasteiger partial charge in [-0.15, -0.1) is 5.10 Å². The molecule has 1 amide bonds. The second-order valence-corrected chi connectivity index (χ2v) is 8.61. The van der Waals surface area contributed by atoms with Gasteiger partial charge in [-0.2, -0.15) is 0 Å². The van der Waals surface area contributed by atoms with E-state index >= 15 is 0 Å². The van der Waals surface area contributed by atoms with Crippen molar-refractivity contribution in [1.82, 2.24) is 19.6 Å². The summed E-state index contributed by atoms with van der Waals surface area (Å²) in [6, 6.07) is 16.2. The molecule has 174 valence electrons. The molecule has 3 aromatic heterocycles. The molecule has 1 aliphatic rings. The molecule has 0 radical (unpaired) electrons. The van der Waals surface area contributed by atoms with E-state index in [1.165, 1.54) is 0 Å². The topological polar surface area (TPSA) is 122 Å². The fraction of sp³-hybridized carbons (Fsp3) is 0.280. The van der Waals surface area contributed by atoms with Crippen molar-refractivity contribution in [2.45, 2.75) is 44.3 Å². The summed E-state index contributed by atoms with van der Waals surface area (Å²) in [5.74, 6) is 0.403. The van der Waals surface area contributed by atoms with Gasteiger partial charge >= 0.3 is 0 Å². The van der Waals surface area contributed by atoms with Crippen molar-refractivity contribution in [3.8, 4) is 0 Å². The zero-order valence-corrected chi connectivity index (χ0v) is 18.8. The van der Waals surface area contributed by atoms with Gasteiger partial charge in [0.25, 0.3) is 5.91 Å². The number of carbonyl (C=O) groups is 1. The maximum absolute atomic E-state index is 13.0. The molecule has 4 aromatic rings. The molecule has 0 saturated heterocycles. The molecule has 5 rings (SSSR count). The highest BCUT2D eigenvalue weighted by Gasteiger charge is 2.21. The van der Waals surface area contributed by atoms with Crippen LogP contribution in [0.4, 0.5) is 17.2 Å². The Balaban J connectivity index is 1.45. The minimum absolute atomic E-state index is 0.272. The Morgan fingerprint density at radius 1 is 1.06 bits per heavy atom. The van der Waals surface area contributed by atoms with E-state index in [2.05, 4.69) is 38.1 Å². The summed E-state index contributed by atoms with van der Waals surface area (Å²) >= 11 is 0. The number of hydrogen-bond donors (Lipinski definition) is 4. The summed E-state index contributed by atoms with van der Waals surface area (Å²) in [6.07, 6.45) is 8.78. The summed E-state index contributed by atoms with van der Waals surface area (Å²) in [5.41, 5.74) is 9.62. The first-order valence-electron chi connectivity index (χ1n) is 11.6. The number of imidazole rings is 1. The smallest absolute Gasteiger partial charge is 0.276 e. The third kappa shape index (κ3) is 4.99. The van der Waals surface area contributed by atoms with Gasteiger partial charge in [-0.3, -0.25) is 9.78 Å². The number of aromatic nitrogens is 4. The van der Waals surface area contributed by atoms with Gasteiger partial charge in [0.15, 0.2) is 11.3 Å². The molecule has 0 spiro atoms. The van der Waals surface area contributed by atoms with Crippen LogP contribution in [0.3, 0.4) is 0 Å². The molecule has 5 N–H and O–H groups in total. The molecular weight excluding hydrogens is 428 g/mol. The van der Waals surface area contributed by atoms with Gasteiger partial charge in [-0.25, -0.2) is 9.50 Å². The second-order valence-electron chi connectivity index (χ2n) is 8.61. The molecule has 9 nitrogen and oxygen atoms in total. The van der Waals surface area contributed by atoms with Crippen LogP contribution < -0.4 is 21.7 Å². The lowest BCUT2D eigenvalue weighted by Crippen LogP contribution is -2.33. The van der Waals surface area contributed by atoms with Crippen LogP contribution in [-0.2, 0) is 6.54 Å². The van der Waals surface area contributed by atoms with Crippen LogP contribution in [0.5, 0.6) is 0 Å². The zero-order valence-electron chi connectivity index (χ0n) is 18.8. The fourth-order valence-corrected chi connectivity index (χ4v) is 4.22. The Hall–Kier alpha value is -3.98. The predicted octanol–water partition coefficient (Wildman–Crippen LogP) is 3.67. The molecule has 1 saturated carbocycles. The van der Waals surface area contributed by atoms with E-state index in [0.717, 1.165) is 36.9 Å². The van der Waals surface area contributed by atoms with E-state index in [1.807, 2.05) is 24.3 Å². The Bertz CT molecular complexity index is 1250. The fourth-order valence-electron chi connectivity index (χ4n) is 4.22. The van der Waals surface area contributed by atoms with Gasteiger partial charge in [-0.1, -0.05) is 30.3 Å². The highest BCUT2D eigenvalue weighted by Crippen LogP contribution is 2.25. The van der Waals surface area contributed by atoms with Gasteiger partial charge in [0.1, 0.15) is 5.82 Å². The summed E-state index contributed by atoms with van der Waals surface area (Å²) in [6.45, 7) is 0.629. The molecule has 0 aliphatic heterocycles. The minimum Gasteiger partial charge on any atom is -0.378 e. The number of carbonyl (C=O) groups excluding carboxylic acids is 1. The average Bonchev–Trinajstić information content (AvgIpc) is 3.29. The third-order valence-corrected chi connectivity index (χ3v) is 6.09. The highest BCUT2D eigenvalue weighted by molar-refractivity contribution is 6.03. The molecule has 9 heteroatoms. The molecule has 1 fully saturated rings. The summed E-state index contributed by atoms with van der Waals surface area (Å²) in [7, 11) is 0. The molecule has 0 bridgehead atoms. The largest absolute Gasteiger partial charge is 0.378 e. The summed E-state index contributed by atoms with van der Waals surface area (Å²) < 4.78 is 1.60. The molecule has 0 unspecified atom stereocenters. The van der Waals surface area contributed by atoms with E-state index in [0.29, 0.717) is 35.4 Å². The number of anilines is 3. The third-order valence-electron chi connectivity index (χ3n) is 6.09. The first-order chi connectivity index (χ1) is 16.7. The predicted molar refractivity (Wildman–Crippen MR) is 133 cm³/mol. The molecule has 1 aromatic carbocycles. The maximum Gasteiger partial charge on any atom is 0.276 e. The van der Waals surface area contributed by atoms with Crippen molar-refractivity contribution in [2.75, 3.05) is 16.0 Å². The SMILES string of the molecule is N[C@H]1CC[C@H](Nc2cc(NCc3ccccc3)c3ncc(C(=O)Nc4ccncc4)n3n2)CC1. The second kappa shape index (κ2) is 9.88. The van der Waals surface area contributed by atoms with Crippen molar-refractivity contribution >= 4 is 28.7 Å². The molecular formula is C25H28N8O. The number of rotatable bonds is 7. The summed E-state index contributed by atoms with van der Waals surface area (Å²) in [4.78, 5) is 21.5. The van der Waals surface area contributed by atoms with Crippen LogP contribution in [0.2, 0.25) is 0 Å². The molecule has 34 heavy (non-hydrogen) atoms. The lowest BCUT2D eigenvalue weighted by molar-refractivity contribution is 0.102. The molecule has 3 heterocycles. The Kier molecular flexibility index (Phi) is 6.35. The standard InChI is InChI=1S/C25H28N8O/c26-18-6-8-19(9-7-18)30-23-14-21(28-15-17-4-2-1-3-5-17)24-29-16-22(33(24)32-23)25(34)31-20-10-12-27-13-11-20/h1-5,10-14,16,18-19,28H,6-9,15,26H2,(H,30,32)(H,27,31,34)/t18-,19-. The number of nitrogens with one attached hydrogen (secondary N) is 3. The van der Waals surface area contributed by atoms with E-state index < -0.39 is 0 Å². The normalized spacial score (nSPS) is 17.9. The van der Waals surface area contributed by atoms with Crippen LogP contribution in [-0.4, -0.2) is 37.6 Å². The zero-order chi connectivity index (χ0) is 23.3. The van der Waals surface area contributed by atoms with Crippen LogP contribution in [0.1, 0.15) is 41.7 Å². The van der Waals surface area contributed by atoms with E-state index in [4.69, 9.17) is 10.8 Å². The Labute approximate surface area is 197 Å². The number of amides is 1. The van der Waals surface area contributed by atoms with Crippen LogP contribution in [0.15, 0.2) is 67.1 Å². The van der Waals surface area contributed by atoms with E-state index in [1.54, 1.807) is 35.2 Å². The van der Waals surface area contributed by atoms with Crippen molar-refractivity contribution in [3.05, 3.63) is 78.4 Å². The number of nitrogens with two attached hydrogens (primary N) is 1. The minimum atomic E-state index is -0.291. The van der Waals surface area contributed by atoms with Crippen molar-refractivity contribution in [3.63, 3.8) is 0 Å². The van der Waals surface area contributed by atoms with Crippen LogP contribution in [0.25, 0.3) is 5.65 Å². The maximum atomic E-state index is 13.0. The Morgan fingerprint density at radius 3 is 2.59 bits per heavy atom. The molecule has 0 atom stereocenters. The quantitative estimate of drug-likeness (QED) is 0.335. The number of fused-ring (bicyclic) bond motifs is 1. The molecule has 1 aliphatic carbocycles. The van der Waals surface area contributed by atoms with Gasteiger partial charge in [0.05, 0.1) is 11.9 Å². The summed E-state index contributed by atoms with van der Waals surface area (Å²) in [5, 5.41) is 14.6. The average molecular weight is 457 g/mol. The van der Waals surface area contributed by atoms with Gasteiger partial charge < -0.3 is 21.7 Å². The first-order valence-corrected chi connectivity index (χ1v) is 11.6. The van der Waals surface area contributed by atoms with Gasteiger partial charge in [0.2, 0.25) is 0 Å². The number of nitrogens with zero attached hydrogens (tertiary/aromatic N) is 4. The van der Waals surface area contributed by atoms with Crippen molar-refractivity contribution in [2.24, 2.45) is 5.73 Å². The monoisotopic (exact) mass is 456 g/mol.